The van der Waals surface area contributed by atoms with Crippen molar-refractivity contribution in [1.82, 2.24) is 0 Å². The van der Waals surface area contributed by atoms with Crippen molar-refractivity contribution in [2.45, 2.75) is 12.3 Å². The van der Waals surface area contributed by atoms with Crippen LogP contribution in [0, 0.1) is 17.2 Å². The van der Waals surface area contributed by atoms with Gasteiger partial charge in [0.05, 0.1) is 23.7 Å². The number of halogens is 3. The SMILES string of the molecule is N#CC(CP(=O)(c1ccccc1)c1ccccc1)C(O)c1ccc(C(F)(F)F)cc1. The molecule has 7 heteroatoms. The summed E-state index contributed by atoms with van der Waals surface area (Å²) in [4.78, 5) is 0. The van der Waals surface area contributed by atoms with Crippen molar-refractivity contribution >= 4 is 17.8 Å². The van der Waals surface area contributed by atoms with Crippen LogP contribution in [0.1, 0.15) is 17.2 Å². The van der Waals surface area contributed by atoms with Crippen molar-refractivity contribution in [2.24, 2.45) is 5.92 Å². The zero-order valence-electron chi connectivity index (χ0n) is 15.8. The summed E-state index contributed by atoms with van der Waals surface area (Å²) in [6, 6.07) is 23.4. The Morgan fingerprint density at radius 1 is 0.867 bits per heavy atom. The lowest BCUT2D eigenvalue weighted by atomic mass is 9.97. The fourth-order valence-electron chi connectivity index (χ4n) is 3.29. The molecule has 0 aliphatic rings. The van der Waals surface area contributed by atoms with Crippen LogP contribution in [0.4, 0.5) is 13.2 Å². The van der Waals surface area contributed by atoms with Crippen LogP contribution in [-0.4, -0.2) is 11.3 Å². The highest BCUT2D eigenvalue weighted by Crippen LogP contribution is 2.47. The topological polar surface area (TPSA) is 61.1 Å². The Balaban J connectivity index is 1.95. The first-order valence-corrected chi connectivity index (χ1v) is 11.1. The maximum absolute atomic E-state index is 14.1. The van der Waals surface area contributed by atoms with E-state index in [1.165, 1.54) is 0 Å². The summed E-state index contributed by atoms with van der Waals surface area (Å²) in [5, 5.41) is 21.5. The van der Waals surface area contributed by atoms with E-state index in [4.69, 9.17) is 0 Å². The molecule has 0 aliphatic heterocycles. The van der Waals surface area contributed by atoms with E-state index in [0.29, 0.717) is 10.6 Å². The number of alkyl halides is 3. The van der Waals surface area contributed by atoms with Gasteiger partial charge in [-0.15, -0.1) is 0 Å². The van der Waals surface area contributed by atoms with Gasteiger partial charge in [-0.1, -0.05) is 72.8 Å². The molecule has 3 nitrogen and oxygen atoms in total. The Hall–Kier alpha value is -2.87. The average Bonchev–Trinajstić information content (AvgIpc) is 2.77. The lowest BCUT2D eigenvalue weighted by Gasteiger charge is -2.25. The second-order valence-corrected chi connectivity index (χ2v) is 9.77. The third-order valence-corrected chi connectivity index (χ3v) is 8.10. The summed E-state index contributed by atoms with van der Waals surface area (Å²) in [5.41, 5.74) is -0.673. The number of aliphatic hydroxyl groups excluding tert-OH is 1. The molecule has 2 atom stereocenters. The van der Waals surface area contributed by atoms with E-state index < -0.39 is 30.9 Å². The van der Waals surface area contributed by atoms with Crippen LogP contribution in [-0.2, 0) is 10.7 Å². The van der Waals surface area contributed by atoms with Gasteiger partial charge in [0, 0.05) is 16.8 Å². The summed E-state index contributed by atoms with van der Waals surface area (Å²) in [5.74, 6) is -1.08. The second kappa shape index (κ2) is 8.87. The number of rotatable bonds is 6. The van der Waals surface area contributed by atoms with Crippen LogP contribution in [0.15, 0.2) is 84.9 Å². The van der Waals surface area contributed by atoms with Gasteiger partial charge in [0.2, 0.25) is 0 Å². The molecule has 1 N–H and O–H groups in total. The molecular formula is C23H19F3NO2P. The molecule has 3 aromatic carbocycles. The van der Waals surface area contributed by atoms with Crippen LogP contribution in [0.25, 0.3) is 0 Å². The number of hydrogen-bond acceptors (Lipinski definition) is 3. The van der Waals surface area contributed by atoms with Crippen LogP contribution >= 0.6 is 7.14 Å². The van der Waals surface area contributed by atoms with Gasteiger partial charge in [0.25, 0.3) is 0 Å². The third kappa shape index (κ3) is 4.64. The van der Waals surface area contributed by atoms with E-state index in [1.807, 2.05) is 6.07 Å². The minimum atomic E-state index is -4.49. The van der Waals surface area contributed by atoms with Crippen molar-refractivity contribution in [3.8, 4) is 6.07 Å². The number of nitriles is 1. The second-order valence-electron chi connectivity index (χ2n) is 6.89. The van der Waals surface area contributed by atoms with E-state index >= 15 is 0 Å². The summed E-state index contributed by atoms with van der Waals surface area (Å²) in [7, 11) is -3.27. The molecule has 0 spiro atoms. The fourth-order valence-corrected chi connectivity index (χ4v) is 6.15. The molecule has 0 saturated heterocycles. The molecule has 3 aromatic rings. The minimum Gasteiger partial charge on any atom is -0.387 e. The van der Waals surface area contributed by atoms with Crippen molar-refractivity contribution in [1.29, 1.82) is 5.26 Å². The van der Waals surface area contributed by atoms with Gasteiger partial charge in [-0.2, -0.15) is 18.4 Å². The molecule has 3 rings (SSSR count). The van der Waals surface area contributed by atoms with Crippen molar-refractivity contribution in [3.63, 3.8) is 0 Å². The van der Waals surface area contributed by atoms with E-state index in [9.17, 15) is 28.1 Å². The Bertz CT molecular complexity index is 1020. The predicted octanol–water partition coefficient (Wildman–Crippen LogP) is 4.89. The fraction of sp³-hybridized carbons (Fsp3) is 0.174. The molecule has 154 valence electrons. The van der Waals surface area contributed by atoms with Crippen LogP contribution in [0.5, 0.6) is 0 Å². The van der Waals surface area contributed by atoms with Crippen molar-refractivity contribution < 1.29 is 22.8 Å². The third-order valence-electron chi connectivity index (χ3n) is 4.93. The molecule has 2 unspecified atom stereocenters. The molecule has 30 heavy (non-hydrogen) atoms. The maximum atomic E-state index is 14.1. The lowest BCUT2D eigenvalue weighted by molar-refractivity contribution is -0.137. The zero-order chi connectivity index (χ0) is 21.8. The van der Waals surface area contributed by atoms with E-state index in [-0.39, 0.29) is 11.7 Å². The molecule has 0 aliphatic carbocycles. The maximum Gasteiger partial charge on any atom is 0.416 e. The van der Waals surface area contributed by atoms with Crippen LogP contribution < -0.4 is 10.6 Å². The van der Waals surface area contributed by atoms with Crippen LogP contribution in [0.2, 0.25) is 0 Å². The van der Waals surface area contributed by atoms with E-state index in [1.54, 1.807) is 60.7 Å². The summed E-state index contributed by atoms with van der Waals surface area (Å²) in [6.07, 6.45) is -6.01. The first-order chi connectivity index (χ1) is 14.3. The summed E-state index contributed by atoms with van der Waals surface area (Å²) in [6.45, 7) is 0. The van der Waals surface area contributed by atoms with Crippen LogP contribution in [0.3, 0.4) is 0 Å². The first kappa shape index (κ1) is 21.8. The summed E-state index contributed by atoms with van der Waals surface area (Å²) < 4.78 is 52.5. The highest BCUT2D eigenvalue weighted by atomic mass is 31.2. The highest BCUT2D eigenvalue weighted by Gasteiger charge is 2.35. The molecule has 0 bridgehead atoms. The van der Waals surface area contributed by atoms with Crippen molar-refractivity contribution in [3.05, 3.63) is 96.1 Å². The summed E-state index contributed by atoms with van der Waals surface area (Å²) >= 11 is 0. The highest BCUT2D eigenvalue weighted by molar-refractivity contribution is 7.78. The van der Waals surface area contributed by atoms with Gasteiger partial charge in [0.1, 0.15) is 7.14 Å². The Kier molecular flexibility index (Phi) is 6.45. The monoisotopic (exact) mass is 429 g/mol. The average molecular weight is 429 g/mol. The van der Waals surface area contributed by atoms with Gasteiger partial charge in [-0.25, -0.2) is 0 Å². The molecular weight excluding hydrogens is 410 g/mol. The number of hydrogen-bond donors (Lipinski definition) is 1. The van der Waals surface area contributed by atoms with Crippen molar-refractivity contribution in [2.75, 3.05) is 6.16 Å². The predicted molar refractivity (Wildman–Crippen MR) is 110 cm³/mol. The molecule has 0 aromatic heterocycles. The van der Waals surface area contributed by atoms with E-state index in [2.05, 4.69) is 0 Å². The van der Waals surface area contributed by atoms with Gasteiger partial charge in [0.15, 0.2) is 0 Å². The normalized spacial score (nSPS) is 14.0. The number of nitrogens with zero attached hydrogens (tertiary/aromatic N) is 1. The van der Waals surface area contributed by atoms with E-state index in [0.717, 1.165) is 24.3 Å². The molecule has 0 radical (unpaired) electrons. The molecule has 0 saturated carbocycles. The van der Waals surface area contributed by atoms with Gasteiger partial charge in [-0.05, 0) is 17.7 Å². The smallest absolute Gasteiger partial charge is 0.387 e. The Labute approximate surface area is 172 Å². The lowest BCUT2D eigenvalue weighted by Crippen LogP contribution is -2.25. The molecule has 0 amide bonds. The minimum absolute atomic E-state index is 0.139. The van der Waals surface area contributed by atoms with Gasteiger partial charge in [-0.3, -0.25) is 0 Å². The molecule has 0 heterocycles. The number of aliphatic hydroxyl groups is 1. The standard InChI is InChI=1S/C23H19F3NO2P/c24-23(25,26)19-13-11-17(12-14-19)22(28)18(15-27)16-30(29,20-7-3-1-4-8-20)21-9-5-2-6-10-21/h1-14,18,22,28H,16H2. The first-order valence-electron chi connectivity index (χ1n) is 9.21. The number of benzene rings is 3. The molecule has 0 fully saturated rings. The zero-order valence-corrected chi connectivity index (χ0v) is 16.7. The largest absolute Gasteiger partial charge is 0.416 e. The Morgan fingerprint density at radius 3 is 1.73 bits per heavy atom. The quantitative estimate of drug-likeness (QED) is 0.568. The van der Waals surface area contributed by atoms with Gasteiger partial charge < -0.3 is 9.67 Å². The Morgan fingerprint density at radius 2 is 1.33 bits per heavy atom. The van der Waals surface area contributed by atoms with Gasteiger partial charge >= 0.3 is 6.18 Å².